The van der Waals surface area contributed by atoms with Crippen LogP contribution in [0.3, 0.4) is 0 Å². The molecule has 0 aliphatic carbocycles. The second kappa shape index (κ2) is 9.36. The number of carbonyl (C=O) groups excluding carboxylic acids is 1. The molecule has 1 aromatic heterocycles. The van der Waals surface area contributed by atoms with Gasteiger partial charge in [0.1, 0.15) is 5.75 Å². The van der Waals surface area contributed by atoms with Crippen molar-refractivity contribution < 1.29 is 19.0 Å². The van der Waals surface area contributed by atoms with Gasteiger partial charge in [-0.2, -0.15) is 0 Å². The van der Waals surface area contributed by atoms with E-state index in [0.717, 1.165) is 36.3 Å². The molecule has 33 heavy (non-hydrogen) atoms. The van der Waals surface area contributed by atoms with Crippen LogP contribution in [0, 0.1) is 12.8 Å². The summed E-state index contributed by atoms with van der Waals surface area (Å²) in [5, 5.41) is 3.06. The number of hydrogen-bond acceptors (Lipinski definition) is 7. The molecule has 8 heteroatoms. The molecule has 8 nitrogen and oxygen atoms in total. The first-order valence-electron chi connectivity index (χ1n) is 11.1. The van der Waals surface area contributed by atoms with Gasteiger partial charge in [-0.05, 0) is 49.6 Å². The van der Waals surface area contributed by atoms with E-state index in [1.807, 2.05) is 49.4 Å². The number of amides is 1. The number of anilines is 1. The van der Waals surface area contributed by atoms with Crippen molar-refractivity contribution in [3.63, 3.8) is 0 Å². The Balaban J connectivity index is 1.23. The maximum absolute atomic E-state index is 12.9. The van der Waals surface area contributed by atoms with Crippen molar-refractivity contribution in [2.45, 2.75) is 26.3 Å². The number of aryl methyl sites for hydroxylation is 1. The molecule has 2 aliphatic rings. The van der Waals surface area contributed by atoms with Gasteiger partial charge < -0.3 is 24.4 Å². The van der Waals surface area contributed by atoms with Gasteiger partial charge in [0.05, 0.1) is 5.92 Å². The fourth-order valence-corrected chi connectivity index (χ4v) is 4.09. The van der Waals surface area contributed by atoms with Gasteiger partial charge in [-0.1, -0.05) is 23.8 Å². The Morgan fingerprint density at radius 2 is 1.94 bits per heavy atom. The fourth-order valence-electron chi connectivity index (χ4n) is 4.09. The lowest BCUT2D eigenvalue weighted by atomic mass is 9.97. The third-order valence-corrected chi connectivity index (χ3v) is 5.88. The van der Waals surface area contributed by atoms with Crippen LogP contribution in [0.4, 0.5) is 5.82 Å². The monoisotopic (exact) mass is 446 g/mol. The number of hydrogen-bond donors (Lipinski definition) is 1. The average molecular weight is 447 g/mol. The van der Waals surface area contributed by atoms with E-state index in [0.29, 0.717) is 36.3 Å². The molecule has 1 N–H and O–H groups in total. The van der Waals surface area contributed by atoms with Crippen molar-refractivity contribution in [1.82, 2.24) is 15.3 Å². The van der Waals surface area contributed by atoms with Crippen LogP contribution in [0.5, 0.6) is 23.1 Å². The maximum atomic E-state index is 12.9. The lowest BCUT2D eigenvalue weighted by Crippen LogP contribution is -2.43. The van der Waals surface area contributed by atoms with Crippen molar-refractivity contribution in [2.75, 3.05) is 24.8 Å². The molecule has 2 aliphatic heterocycles. The van der Waals surface area contributed by atoms with Gasteiger partial charge in [0.15, 0.2) is 17.3 Å². The van der Waals surface area contributed by atoms with E-state index < -0.39 is 0 Å². The Hall–Kier alpha value is -3.81. The Kier molecular flexibility index (Phi) is 5.97. The van der Waals surface area contributed by atoms with Crippen molar-refractivity contribution in [2.24, 2.45) is 5.92 Å². The number of ether oxygens (including phenoxy) is 3. The number of piperidine rings is 1. The van der Waals surface area contributed by atoms with Gasteiger partial charge in [-0.3, -0.25) is 4.79 Å². The summed E-state index contributed by atoms with van der Waals surface area (Å²) < 4.78 is 16.8. The highest BCUT2D eigenvalue weighted by atomic mass is 16.7. The Labute approximate surface area is 192 Å². The van der Waals surface area contributed by atoms with Crippen molar-refractivity contribution in [3.05, 3.63) is 66.0 Å². The van der Waals surface area contributed by atoms with Crippen LogP contribution >= 0.6 is 0 Å². The first kappa shape index (κ1) is 21.1. The number of carbonyl (C=O) groups is 1. The third-order valence-electron chi connectivity index (χ3n) is 5.88. The highest BCUT2D eigenvalue weighted by molar-refractivity contribution is 5.79. The number of nitrogens with zero attached hydrogens (tertiary/aromatic N) is 3. The van der Waals surface area contributed by atoms with Gasteiger partial charge in [0.2, 0.25) is 12.7 Å². The average Bonchev–Trinajstić information content (AvgIpc) is 3.32. The molecule has 1 amide bonds. The summed E-state index contributed by atoms with van der Waals surface area (Å²) in [6.45, 7) is 4.08. The topological polar surface area (TPSA) is 85.8 Å². The summed E-state index contributed by atoms with van der Waals surface area (Å²) in [6.07, 6.45) is 4.99. The van der Waals surface area contributed by atoms with Crippen molar-refractivity contribution >= 4 is 11.7 Å². The zero-order valence-electron chi connectivity index (χ0n) is 18.5. The third kappa shape index (κ3) is 4.84. The van der Waals surface area contributed by atoms with E-state index in [2.05, 4.69) is 20.2 Å². The minimum Gasteiger partial charge on any atom is -0.454 e. The minimum atomic E-state index is -0.137. The number of benzene rings is 2. The highest BCUT2D eigenvalue weighted by Gasteiger charge is 2.28. The van der Waals surface area contributed by atoms with Crippen molar-refractivity contribution in [3.8, 4) is 23.1 Å². The zero-order chi connectivity index (χ0) is 22.6. The van der Waals surface area contributed by atoms with Gasteiger partial charge in [0.25, 0.3) is 5.88 Å². The van der Waals surface area contributed by atoms with E-state index >= 15 is 0 Å². The molecule has 0 bridgehead atoms. The molecule has 5 rings (SSSR count). The van der Waals surface area contributed by atoms with Crippen LogP contribution in [-0.2, 0) is 11.3 Å². The molecule has 1 fully saturated rings. The Morgan fingerprint density at radius 3 is 2.82 bits per heavy atom. The van der Waals surface area contributed by atoms with E-state index in [-0.39, 0.29) is 18.6 Å². The summed E-state index contributed by atoms with van der Waals surface area (Å²) in [5.41, 5.74) is 2.13. The van der Waals surface area contributed by atoms with Crippen molar-refractivity contribution in [1.29, 1.82) is 0 Å². The smallest absolute Gasteiger partial charge is 0.263 e. The first-order chi connectivity index (χ1) is 16.2. The maximum Gasteiger partial charge on any atom is 0.263 e. The Morgan fingerprint density at radius 1 is 1.12 bits per heavy atom. The molecule has 3 aromatic rings. The lowest BCUT2D eigenvalue weighted by molar-refractivity contribution is -0.125. The number of nitrogens with one attached hydrogen (secondary N) is 1. The van der Waals surface area contributed by atoms with Gasteiger partial charge in [-0.15, -0.1) is 0 Å². The molecule has 0 unspecified atom stereocenters. The molecule has 3 heterocycles. The number of rotatable bonds is 6. The molecular formula is C25H26N4O4. The molecule has 0 spiro atoms. The fraction of sp³-hybridized carbons (Fsp3) is 0.320. The molecule has 0 saturated carbocycles. The quantitative estimate of drug-likeness (QED) is 0.616. The van der Waals surface area contributed by atoms with Crippen LogP contribution in [0.15, 0.2) is 54.9 Å². The zero-order valence-corrected chi connectivity index (χ0v) is 18.5. The predicted molar refractivity (Wildman–Crippen MR) is 123 cm³/mol. The molecule has 0 radical (unpaired) electrons. The van der Waals surface area contributed by atoms with E-state index in [4.69, 9.17) is 14.2 Å². The number of fused-ring (bicyclic) bond motifs is 1. The van der Waals surface area contributed by atoms with Crippen LogP contribution in [0.1, 0.15) is 24.0 Å². The summed E-state index contributed by atoms with van der Waals surface area (Å²) in [4.78, 5) is 23.9. The standard InChI is InChI=1S/C25H26N4O4/c1-17-4-7-20(8-5-17)33-25-23(26-10-11-27-25)29-12-2-3-19(15-29)24(30)28-14-18-6-9-21-22(13-18)32-16-31-21/h4-11,13,19H,2-3,12,14-16H2,1H3,(H,28,30)/t19-/m0/s1. The predicted octanol–water partition coefficient (Wildman–Crippen LogP) is 3.84. The Bertz CT molecular complexity index is 1140. The van der Waals surface area contributed by atoms with Gasteiger partial charge in [-0.25, -0.2) is 9.97 Å². The molecule has 170 valence electrons. The SMILES string of the molecule is Cc1ccc(Oc2nccnc2N2CCC[C@H](C(=O)NCc3ccc4c(c3)OCO4)C2)cc1. The highest BCUT2D eigenvalue weighted by Crippen LogP contribution is 2.33. The van der Waals surface area contributed by atoms with Crippen LogP contribution < -0.4 is 24.4 Å². The largest absolute Gasteiger partial charge is 0.454 e. The molecule has 1 atom stereocenters. The van der Waals surface area contributed by atoms with Crippen LogP contribution in [-0.4, -0.2) is 35.8 Å². The number of aromatic nitrogens is 2. The second-order valence-corrected chi connectivity index (χ2v) is 8.29. The summed E-state index contributed by atoms with van der Waals surface area (Å²) in [5.74, 6) is 3.16. The molecule has 1 saturated heterocycles. The first-order valence-corrected chi connectivity index (χ1v) is 11.1. The summed E-state index contributed by atoms with van der Waals surface area (Å²) in [6, 6.07) is 13.5. The van der Waals surface area contributed by atoms with Gasteiger partial charge >= 0.3 is 0 Å². The van der Waals surface area contributed by atoms with E-state index in [1.54, 1.807) is 12.4 Å². The van der Waals surface area contributed by atoms with E-state index in [9.17, 15) is 4.79 Å². The second-order valence-electron chi connectivity index (χ2n) is 8.29. The summed E-state index contributed by atoms with van der Waals surface area (Å²) >= 11 is 0. The van der Waals surface area contributed by atoms with Crippen LogP contribution in [0.25, 0.3) is 0 Å². The summed E-state index contributed by atoms with van der Waals surface area (Å²) in [7, 11) is 0. The molecule has 2 aromatic carbocycles. The minimum absolute atomic E-state index is 0.0299. The van der Waals surface area contributed by atoms with Crippen LogP contribution in [0.2, 0.25) is 0 Å². The lowest BCUT2D eigenvalue weighted by Gasteiger charge is -2.33. The van der Waals surface area contributed by atoms with E-state index in [1.165, 1.54) is 0 Å². The van der Waals surface area contributed by atoms with Gasteiger partial charge in [0, 0.05) is 32.0 Å². The normalized spacial score (nSPS) is 17.0. The molecular weight excluding hydrogens is 420 g/mol.